The summed E-state index contributed by atoms with van der Waals surface area (Å²) in [4.78, 5) is 15.4. The van der Waals surface area contributed by atoms with Crippen molar-refractivity contribution in [2.75, 3.05) is 25.2 Å². The number of aromatic nitrogens is 2. The molecule has 0 saturated heterocycles. The third kappa shape index (κ3) is 2.83. The van der Waals surface area contributed by atoms with E-state index in [2.05, 4.69) is 9.59 Å². The Morgan fingerprint density at radius 1 is 1.20 bits per heavy atom. The van der Waals surface area contributed by atoms with E-state index in [1.807, 2.05) is 48.5 Å². The number of para-hydroxylation sites is 2. The van der Waals surface area contributed by atoms with E-state index in [0.717, 1.165) is 28.5 Å². The molecule has 0 unspecified atom stereocenters. The van der Waals surface area contributed by atoms with Crippen molar-refractivity contribution in [2.45, 2.75) is 0 Å². The van der Waals surface area contributed by atoms with Gasteiger partial charge in [0, 0.05) is 5.56 Å². The molecule has 126 valence electrons. The monoisotopic (exact) mass is 353 g/mol. The van der Waals surface area contributed by atoms with Crippen molar-refractivity contribution in [3.63, 3.8) is 0 Å². The molecule has 0 bridgehead atoms. The first-order valence-corrected chi connectivity index (χ1v) is 8.56. The van der Waals surface area contributed by atoms with Gasteiger partial charge in [-0.2, -0.15) is 0 Å². The number of carbonyl (C=O) groups is 1. The lowest BCUT2D eigenvalue weighted by Crippen LogP contribution is -2.37. The highest BCUT2D eigenvalue weighted by Crippen LogP contribution is 2.34. The van der Waals surface area contributed by atoms with Crippen LogP contribution in [0.5, 0.6) is 11.5 Å². The van der Waals surface area contributed by atoms with E-state index in [1.54, 1.807) is 12.0 Å². The topological polar surface area (TPSA) is 64.6 Å². The maximum absolute atomic E-state index is 13.1. The van der Waals surface area contributed by atoms with E-state index in [9.17, 15) is 4.79 Å². The quantitative estimate of drug-likeness (QED) is 0.723. The van der Waals surface area contributed by atoms with Crippen molar-refractivity contribution >= 4 is 23.1 Å². The molecule has 0 N–H and O–H groups in total. The number of methoxy groups -OCH3 is 1. The second-order valence-electron chi connectivity index (χ2n) is 5.45. The number of amides is 1. The highest BCUT2D eigenvalue weighted by molar-refractivity contribution is 7.08. The Morgan fingerprint density at radius 3 is 2.80 bits per heavy atom. The van der Waals surface area contributed by atoms with Gasteiger partial charge in [0.25, 0.3) is 5.91 Å². The van der Waals surface area contributed by atoms with E-state index in [4.69, 9.17) is 9.47 Å². The summed E-state index contributed by atoms with van der Waals surface area (Å²) in [6.07, 6.45) is 0. The van der Waals surface area contributed by atoms with Crippen LogP contribution in [0.3, 0.4) is 0 Å². The summed E-state index contributed by atoms with van der Waals surface area (Å²) < 4.78 is 14.8. The molecule has 1 aromatic heterocycles. The molecule has 0 radical (unpaired) electrons. The van der Waals surface area contributed by atoms with Crippen LogP contribution in [0.1, 0.15) is 9.67 Å². The van der Waals surface area contributed by atoms with Crippen LogP contribution in [-0.4, -0.2) is 35.8 Å². The molecule has 2 heterocycles. The van der Waals surface area contributed by atoms with Gasteiger partial charge in [0.1, 0.15) is 28.7 Å². The number of ether oxygens (including phenoxy) is 2. The molecule has 6 nitrogen and oxygen atoms in total. The van der Waals surface area contributed by atoms with Crippen LogP contribution < -0.4 is 14.4 Å². The zero-order valence-corrected chi connectivity index (χ0v) is 14.3. The summed E-state index contributed by atoms with van der Waals surface area (Å²) in [5, 5.41) is 4.16. The minimum Gasteiger partial charge on any atom is -0.497 e. The molecule has 0 aliphatic carbocycles. The van der Waals surface area contributed by atoms with E-state index in [-0.39, 0.29) is 5.91 Å². The zero-order chi connectivity index (χ0) is 17.2. The second-order valence-corrected chi connectivity index (χ2v) is 6.21. The molecule has 1 aliphatic rings. The van der Waals surface area contributed by atoms with E-state index in [0.29, 0.717) is 29.5 Å². The number of benzene rings is 2. The fraction of sp³-hybridized carbons (Fsp3) is 0.167. The fourth-order valence-corrected chi connectivity index (χ4v) is 3.41. The Morgan fingerprint density at radius 2 is 2.00 bits per heavy atom. The smallest absolute Gasteiger partial charge is 0.272 e. The SMILES string of the molecule is COc1ccc(-c2nnsc2C(=O)N2CCOc3ccccc32)cc1. The van der Waals surface area contributed by atoms with Crippen LogP contribution in [-0.2, 0) is 0 Å². The molecule has 4 rings (SSSR count). The summed E-state index contributed by atoms with van der Waals surface area (Å²) in [6.45, 7) is 0.961. The normalized spacial score (nSPS) is 13.1. The van der Waals surface area contributed by atoms with Crippen LogP contribution >= 0.6 is 11.5 Å². The summed E-state index contributed by atoms with van der Waals surface area (Å²) in [5.41, 5.74) is 2.19. The number of anilines is 1. The lowest BCUT2D eigenvalue weighted by atomic mass is 10.1. The molecule has 25 heavy (non-hydrogen) atoms. The van der Waals surface area contributed by atoms with Gasteiger partial charge in [-0.3, -0.25) is 4.79 Å². The Bertz CT molecular complexity index is 908. The van der Waals surface area contributed by atoms with Gasteiger partial charge in [0.2, 0.25) is 0 Å². The number of rotatable bonds is 3. The van der Waals surface area contributed by atoms with Crippen molar-refractivity contribution in [3.05, 3.63) is 53.4 Å². The van der Waals surface area contributed by atoms with Gasteiger partial charge in [-0.25, -0.2) is 0 Å². The predicted octanol–water partition coefficient (Wildman–Crippen LogP) is 3.25. The number of carbonyl (C=O) groups excluding carboxylic acids is 1. The van der Waals surface area contributed by atoms with Gasteiger partial charge in [-0.1, -0.05) is 16.6 Å². The first-order chi connectivity index (χ1) is 12.3. The molecule has 0 saturated carbocycles. The molecule has 1 amide bonds. The summed E-state index contributed by atoms with van der Waals surface area (Å²) in [7, 11) is 1.62. The molecule has 2 aromatic carbocycles. The van der Waals surface area contributed by atoms with Crippen molar-refractivity contribution in [1.29, 1.82) is 0 Å². The van der Waals surface area contributed by atoms with E-state index >= 15 is 0 Å². The fourth-order valence-electron chi connectivity index (χ4n) is 2.77. The predicted molar refractivity (Wildman–Crippen MR) is 95.5 cm³/mol. The van der Waals surface area contributed by atoms with Crippen molar-refractivity contribution in [2.24, 2.45) is 0 Å². The van der Waals surface area contributed by atoms with Gasteiger partial charge < -0.3 is 14.4 Å². The minimum atomic E-state index is -0.114. The standard InChI is InChI=1S/C18H15N3O3S/c1-23-13-8-6-12(7-9-13)16-17(25-20-19-16)18(22)21-10-11-24-15-5-3-2-4-14(15)21/h2-9H,10-11H2,1H3. The Hall–Kier alpha value is -2.93. The highest BCUT2D eigenvalue weighted by Gasteiger charge is 2.28. The molecule has 1 aliphatic heterocycles. The van der Waals surface area contributed by atoms with Crippen molar-refractivity contribution in [1.82, 2.24) is 9.59 Å². The lowest BCUT2D eigenvalue weighted by Gasteiger charge is -2.29. The minimum absolute atomic E-state index is 0.114. The molecule has 0 spiro atoms. The largest absolute Gasteiger partial charge is 0.497 e. The van der Waals surface area contributed by atoms with Gasteiger partial charge in [0.05, 0.1) is 19.3 Å². The van der Waals surface area contributed by atoms with Crippen LogP contribution in [0, 0.1) is 0 Å². The second kappa shape index (κ2) is 6.52. The molecule has 3 aromatic rings. The van der Waals surface area contributed by atoms with Crippen LogP contribution in [0.25, 0.3) is 11.3 Å². The average Bonchev–Trinajstić information content (AvgIpc) is 3.17. The third-order valence-electron chi connectivity index (χ3n) is 4.02. The summed E-state index contributed by atoms with van der Waals surface area (Å²) in [6, 6.07) is 15.0. The number of hydrogen-bond acceptors (Lipinski definition) is 6. The maximum Gasteiger partial charge on any atom is 0.272 e. The van der Waals surface area contributed by atoms with E-state index < -0.39 is 0 Å². The molecular weight excluding hydrogens is 338 g/mol. The number of hydrogen-bond donors (Lipinski definition) is 0. The van der Waals surface area contributed by atoms with Gasteiger partial charge in [0.15, 0.2) is 0 Å². The maximum atomic E-state index is 13.1. The molecule has 0 atom stereocenters. The lowest BCUT2D eigenvalue weighted by molar-refractivity contribution is 0.0981. The van der Waals surface area contributed by atoms with Crippen LogP contribution in [0.15, 0.2) is 48.5 Å². The summed E-state index contributed by atoms with van der Waals surface area (Å²) >= 11 is 1.11. The Kier molecular flexibility index (Phi) is 4.07. The Labute approximate surface area is 148 Å². The van der Waals surface area contributed by atoms with Gasteiger partial charge >= 0.3 is 0 Å². The van der Waals surface area contributed by atoms with E-state index in [1.165, 1.54) is 0 Å². The van der Waals surface area contributed by atoms with Crippen LogP contribution in [0.4, 0.5) is 5.69 Å². The number of nitrogens with zero attached hydrogens (tertiary/aromatic N) is 3. The highest BCUT2D eigenvalue weighted by atomic mass is 32.1. The summed E-state index contributed by atoms with van der Waals surface area (Å²) in [5.74, 6) is 1.35. The zero-order valence-electron chi connectivity index (χ0n) is 13.5. The average molecular weight is 353 g/mol. The molecular formula is C18H15N3O3S. The first kappa shape index (κ1) is 15.6. The van der Waals surface area contributed by atoms with Crippen LogP contribution in [0.2, 0.25) is 0 Å². The van der Waals surface area contributed by atoms with Crippen molar-refractivity contribution in [3.8, 4) is 22.8 Å². The number of fused-ring (bicyclic) bond motifs is 1. The third-order valence-corrected chi connectivity index (χ3v) is 4.73. The molecule has 0 fully saturated rings. The van der Waals surface area contributed by atoms with Gasteiger partial charge in [-0.05, 0) is 47.9 Å². The van der Waals surface area contributed by atoms with Crippen molar-refractivity contribution < 1.29 is 14.3 Å². The molecule has 7 heteroatoms. The van der Waals surface area contributed by atoms with Gasteiger partial charge in [-0.15, -0.1) is 5.10 Å². The first-order valence-electron chi connectivity index (χ1n) is 7.78. The Balaban J connectivity index is 1.69.